The minimum absolute atomic E-state index is 0.103. The average Bonchev–Trinajstić information content (AvgIpc) is 2.96. The zero-order valence-corrected chi connectivity index (χ0v) is 29.8. The first-order chi connectivity index (χ1) is 21.2. The molecule has 2 aromatic carbocycles. The van der Waals surface area contributed by atoms with Crippen LogP contribution in [0.1, 0.15) is 60.3 Å². The molecule has 1 aromatic heterocycles. The van der Waals surface area contributed by atoms with Gasteiger partial charge in [0.15, 0.2) is 30.3 Å². The molecule has 246 valence electrons. The fourth-order valence-corrected chi connectivity index (χ4v) is 6.93. The number of ether oxygens (including phenoxy) is 4. The van der Waals surface area contributed by atoms with E-state index < -0.39 is 8.32 Å². The number of fused-ring (bicyclic) bond motifs is 1. The van der Waals surface area contributed by atoms with Gasteiger partial charge in [0, 0.05) is 36.2 Å². The number of nitrogens with zero attached hydrogens (tertiary/aromatic N) is 1. The maximum Gasteiger partial charge on any atom is 0.415 e. The third-order valence-corrected chi connectivity index (χ3v) is 13.9. The predicted molar refractivity (Wildman–Crippen MR) is 180 cm³/mol. The maximum absolute atomic E-state index is 13.2. The summed E-state index contributed by atoms with van der Waals surface area (Å²) in [4.78, 5) is 29.0. The summed E-state index contributed by atoms with van der Waals surface area (Å²) in [5, 5.41) is 0.825. The second-order valence-electron chi connectivity index (χ2n) is 13.1. The van der Waals surface area contributed by atoms with E-state index in [0.29, 0.717) is 41.1 Å². The summed E-state index contributed by atoms with van der Waals surface area (Å²) in [6.07, 6.45) is 3.35. The lowest BCUT2D eigenvalue weighted by atomic mass is 10.0. The van der Waals surface area contributed by atoms with E-state index in [1.807, 2.05) is 30.9 Å². The molecule has 1 atom stereocenters. The summed E-state index contributed by atoms with van der Waals surface area (Å²) >= 11 is 1.29. The van der Waals surface area contributed by atoms with Crippen LogP contribution in [0.25, 0.3) is 11.0 Å². The molecular weight excluding hydrogens is 611 g/mol. The van der Waals surface area contributed by atoms with Gasteiger partial charge in [0.05, 0.1) is 20.3 Å². The van der Waals surface area contributed by atoms with Crippen molar-refractivity contribution in [1.29, 1.82) is 0 Å². The molecule has 1 saturated heterocycles. The Bertz CT molecular complexity index is 1530. The Morgan fingerprint density at radius 3 is 2.38 bits per heavy atom. The highest BCUT2D eigenvalue weighted by Gasteiger charge is 2.37. The second-order valence-corrected chi connectivity index (χ2v) is 19.0. The lowest BCUT2D eigenvalue weighted by molar-refractivity contribution is 0.101. The van der Waals surface area contributed by atoms with Crippen LogP contribution in [0.3, 0.4) is 0 Å². The number of carbonyl (C=O) groups is 1. The number of amides is 1. The van der Waals surface area contributed by atoms with Gasteiger partial charge in [0.25, 0.3) is 0 Å². The lowest BCUT2D eigenvalue weighted by Crippen LogP contribution is -2.47. The number of likely N-dealkylation sites (tertiary alicyclic amines) is 1. The molecule has 0 saturated carbocycles. The van der Waals surface area contributed by atoms with Gasteiger partial charge in [-0.15, -0.1) is 0 Å². The van der Waals surface area contributed by atoms with Gasteiger partial charge in [-0.2, -0.15) is 0 Å². The lowest BCUT2D eigenvalue weighted by Gasteiger charge is -2.38. The topological polar surface area (TPSA) is 96.7 Å². The Hall–Kier alpha value is -3.15. The molecule has 0 radical (unpaired) electrons. The summed E-state index contributed by atoms with van der Waals surface area (Å²) in [7, 11) is 1.13. The Morgan fingerprint density at radius 2 is 1.76 bits per heavy atom. The van der Waals surface area contributed by atoms with Crippen LogP contribution >= 0.6 is 11.8 Å². The van der Waals surface area contributed by atoms with Gasteiger partial charge in [0.2, 0.25) is 5.75 Å². The number of hydrogen-bond acceptors (Lipinski definition) is 9. The van der Waals surface area contributed by atoms with Crippen LogP contribution in [0, 0.1) is 0 Å². The highest BCUT2D eigenvalue weighted by Crippen LogP contribution is 2.44. The van der Waals surface area contributed by atoms with Gasteiger partial charge in [0.1, 0.15) is 16.7 Å². The van der Waals surface area contributed by atoms with Crippen molar-refractivity contribution < 1.29 is 32.6 Å². The Kier molecular flexibility index (Phi) is 11.2. The molecule has 0 spiro atoms. The molecule has 0 aliphatic carbocycles. The molecule has 3 aromatic rings. The summed E-state index contributed by atoms with van der Waals surface area (Å²) < 4.78 is 35.2. The standard InChI is InChI=1S/C34H47NO8SSi/c1-22(2)41-28-21-27-30(32(39-7)31(28)38-6)26(36)20-29(43-27)44-25-15-13-24(14-16-25)42-33(37)35-18-11-10-12-23(35)17-19-40-45(8,9)34(3,4)5/h13-16,20-23H,10-12,17-19H2,1-9H3. The molecule has 11 heteroatoms. The molecular formula is C34H47NO8SSi. The van der Waals surface area contributed by atoms with Crippen molar-refractivity contribution in [2.24, 2.45) is 0 Å². The maximum atomic E-state index is 13.2. The van der Waals surface area contributed by atoms with Crippen LogP contribution < -0.4 is 24.4 Å². The SMILES string of the molecule is COc1c(OC(C)C)cc2oc(Sc3ccc(OC(=O)N4CCCCC4CCO[Si](C)(C)C(C)(C)C)cc3)cc(=O)c2c1OC. The van der Waals surface area contributed by atoms with Crippen LogP contribution in [0.4, 0.5) is 4.79 Å². The van der Waals surface area contributed by atoms with Crippen molar-refractivity contribution in [3.63, 3.8) is 0 Å². The molecule has 2 heterocycles. The van der Waals surface area contributed by atoms with Crippen molar-refractivity contribution >= 4 is 37.1 Å². The number of piperidine rings is 1. The van der Waals surface area contributed by atoms with Gasteiger partial charge in [-0.3, -0.25) is 4.79 Å². The zero-order chi connectivity index (χ0) is 32.9. The monoisotopic (exact) mass is 657 g/mol. The second kappa shape index (κ2) is 14.5. The van der Waals surface area contributed by atoms with E-state index in [2.05, 4.69) is 33.9 Å². The van der Waals surface area contributed by atoms with E-state index in [-0.39, 0.29) is 39.8 Å². The summed E-state index contributed by atoms with van der Waals surface area (Å²) in [6, 6.07) is 10.4. The first-order valence-electron chi connectivity index (χ1n) is 15.5. The van der Waals surface area contributed by atoms with E-state index in [9.17, 15) is 9.59 Å². The number of methoxy groups -OCH3 is 2. The Labute approximate surface area is 271 Å². The molecule has 9 nitrogen and oxygen atoms in total. The van der Waals surface area contributed by atoms with Gasteiger partial charge in [-0.1, -0.05) is 32.5 Å². The Balaban J connectivity index is 1.44. The van der Waals surface area contributed by atoms with Crippen LogP contribution in [-0.2, 0) is 4.43 Å². The molecule has 4 rings (SSSR count). The van der Waals surface area contributed by atoms with Gasteiger partial charge < -0.3 is 32.7 Å². The fourth-order valence-electron chi connectivity index (χ4n) is 5.06. The normalized spacial score (nSPS) is 15.8. The molecule has 1 fully saturated rings. The molecule has 1 unspecified atom stereocenters. The smallest absolute Gasteiger partial charge is 0.415 e. The fraction of sp³-hybridized carbons (Fsp3) is 0.529. The van der Waals surface area contributed by atoms with Crippen molar-refractivity contribution in [3.8, 4) is 23.0 Å². The summed E-state index contributed by atoms with van der Waals surface area (Å²) in [5.41, 5.74) is 0.0657. The first kappa shape index (κ1) is 34.7. The number of rotatable bonds is 11. The third kappa shape index (κ3) is 8.36. The molecule has 1 amide bonds. The van der Waals surface area contributed by atoms with Crippen LogP contribution in [-0.4, -0.2) is 58.8 Å². The van der Waals surface area contributed by atoms with E-state index in [4.69, 9.17) is 27.8 Å². The van der Waals surface area contributed by atoms with Crippen LogP contribution in [0.15, 0.2) is 55.6 Å². The number of carbonyl (C=O) groups excluding carboxylic acids is 1. The molecule has 1 aliphatic rings. The van der Waals surface area contributed by atoms with E-state index >= 15 is 0 Å². The van der Waals surface area contributed by atoms with Crippen LogP contribution in [0.2, 0.25) is 18.1 Å². The highest BCUT2D eigenvalue weighted by atomic mass is 32.2. The van der Waals surface area contributed by atoms with Gasteiger partial charge in [-0.25, -0.2) is 4.79 Å². The molecule has 1 aliphatic heterocycles. The molecule has 0 bridgehead atoms. The average molecular weight is 658 g/mol. The van der Waals surface area contributed by atoms with Crippen molar-refractivity contribution in [3.05, 3.63) is 46.6 Å². The van der Waals surface area contributed by atoms with E-state index in [1.165, 1.54) is 32.0 Å². The zero-order valence-electron chi connectivity index (χ0n) is 28.0. The minimum atomic E-state index is -1.84. The van der Waals surface area contributed by atoms with Gasteiger partial charge >= 0.3 is 6.09 Å². The summed E-state index contributed by atoms with van der Waals surface area (Å²) in [5.74, 6) is 1.49. The van der Waals surface area contributed by atoms with Crippen molar-refractivity contribution in [2.75, 3.05) is 27.4 Å². The van der Waals surface area contributed by atoms with E-state index in [1.54, 1.807) is 18.2 Å². The predicted octanol–water partition coefficient (Wildman–Crippen LogP) is 8.51. The number of hydrogen-bond donors (Lipinski definition) is 0. The third-order valence-electron chi connectivity index (χ3n) is 8.47. The van der Waals surface area contributed by atoms with E-state index in [0.717, 1.165) is 30.6 Å². The first-order valence-corrected chi connectivity index (χ1v) is 19.3. The van der Waals surface area contributed by atoms with Crippen molar-refractivity contribution in [2.45, 2.75) is 101 Å². The van der Waals surface area contributed by atoms with Gasteiger partial charge in [-0.05, 0) is 81.9 Å². The minimum Gasteiger partial charge on any atom is -0.492 e. The Morgan fingerprint density at radius 1 is 1.07 bits per heavy atom. The highest BCUT2D eigenvalue weighted by molar-refractivity contribution is 7.99. The van der Waals surface area contributed by atoms with Crippen LogP contribution in [0.5, 0.6) is 23.0 Å². The number of benzene rings is 2. The quantitative estimate of drug-likeness (QED) is 0.188. The molecule has 45 heavy (non-hydrogen) atoms. The molecule has 0 N–H and O–H groups in total. The largest absolute Gasteiger partial charge is 0.492 e. The summed E-state index contributed by atoms with van der Waals surface area (Å²) in [6.45, 7) is 16.3. The van der Waals surface area contributed by atoms with Crippen molar-refractivity contribution in [1.82, 2.24) is 4.90 Å².